The summed E-state index contributed by atoms with van der Waals surface area (Å²) in [6.07, 6.45) is 0.542. The van der Waals surface area contributed by atoms with Crippen molar-refractivity contribution in [2.24, 2.45) is 0 Å². The number of nitrogens with one attached hydrogen (secondary N) is 1. The van der Waals surface area contributed by atoms with Crippen LogP contribution in [-0.4, -0.2) is 69.2 Å². The van der Waals surface area contributed by atoms with Gasteiger partial charge in [0.05, 0.1) is 5.69 Å². The normalized spacial score (nSPS) is 12.3. The average molecular weight is 489 g/mol. The Morgan fingerprint density at radius 3 is 2.26 bits per heavy atom. The van der Waals surface area contributed by atoms with Gasteiger partial charge in [0.1, 0.15) is 12.6 Å². The average Bonchev–Trinajstić information content (AvgIpc) is 2.79. The van der Waals surface area contributed by atoms with Gasteiger partial charge in [-0.1, -0.05) is 42.5 Å². The van der Waals surface area contributed by atoms with E-state index in [-0.39, 0.29) is 12.5 Å². The maximum Gasteiger partial charge on any atom is 0.304 e. The molecule has 1 N–H and O–H groups in total. The van der Waals surface area contributed by atoms with E-state index in [0.29, 0.717) is 18.7 Å². The lowest BCUT2D eigenvalue weighted by molar-refractivity contribution is -0.138. The van der Waals surface area contributed by atoms with E-state index in [0.717, 1.165) is 25.3 Å². The van der Waals surface area contributed by atoms with Gasteiger partial charge in [0, 0.05) is 27.2 Å². The first kappa shape index (κ1) is 27.3. The Labute approximate surface area is 203 Å². The minimum atomic E-state index is -3.96. The lowest BCUT2D eigenvalue weighted by atomic mass is 10.1. The minimum Gasteiger partial charge on any atom is -0.355 e. The van der Waals surface area contributed by atoms with E-state index >= 15 is 0 Å². The molecule has 2 aromatic carbocycles. The predicted octanol–water partition coefficient (Wildman–Crippen LogP) is 2.51. The van der Waals surface area contributed by atoms with Crippen molar-refractivity contribution in [1.29, 1.82) is 0 Å². The van der Waals surface area contributed by atoms with Crippen LogP contribution in [0.4, 0.5) is 5.69 Å². The summed E-state index contributed by atoms with van der Waals surface area (Å²) in [6.45, 7) is 7.46. The van der Waals surface area contributed by atoms with Crippen molar-refractivity contribution in [3.05, 3.63) is 65.2 Å². The Kier molecular flexibility index (Phi) is 9.64. The van der Waals surface area contributed by atoms with Crippen molar-refractivity contribution in [3.63, 3.8) is 0 Å². The highest BCUT2D eigenvalue weighted by Gasteiger charge is 2.32. The number of anilines is 1. The van der Waals surface area contributed by atoms with Gasteiger partial charge in [-0.3, -0.25) is 9.59 Å². The standard InChI is InChI=1S/C25H36N4O4S/c1-7-26-25(31)21(4)28(16-15-22-11-9-8-10-12-22)24(30)18-29(34(32,33)27(5)6)23-17-19(2)13-14-20(23)3/h8-14,17,21H,7,15-16,18H2,1-6H3,(H,26,31)/t21-/m0/s1. The molecule has 0 aliphatic carbocycles. The summed E-state index contributed by atoms with van der Waals surface area (Å²) in [6, 6.07) is 14.4. The molecule has 0 aromatic heterocycles. The summed E-state index contributed by atoms with van der Waals surface area (Å²) in [5.41, 5.74) is 3.08. The molecule has 0 spiro atoms. The van der Waals surface area contributed by atoms with Crippen LogP contribution >= 0.6 is 0 Å². The van der Waals surface area contributed by atoms with Gasteiger partial charge in [0.25, 0.3) is 0 Å². The van der Waals surface area contributed by atoms with Crippen LogP contribution in [0.5, 0.6) is 0 Å². The van der Waals surface area contributed by atoms with Crippen molar-refractivity contribution >= 4 is 27.7 Å². The van der Waals surface area contributed by atoms with Gasteiger partial charge < -0.3 is 10.2 Å². The number of amides is 2. The maximum atomic E-state index is 13.6. The van der Waals surface area contributed by atoms with Crippen LogP contribution in [0.15, 0.2) is 48.5 Å². The van der Waals surface area contributed by atoms with Crippen molar-refractivity contribution in [1.82, 2.24) is 14.5 Å². The summed E-state index contributed by atoms with van der Waals surface area (Å²) < 4.78 is 28.7. The summed E-state index contributed by atoms with van der Waals surface area (Å²) in [7, 11) is -1.10. The van der Waals surface area contributed by atoms with Crippen molar-refractivity contribution in [3.8, 4) is 0 Å². The zero-order valence-electron chi connectivity index (χ0n) is 20.9. The first-order chi connectivity index (χ1) is 16.0. The molecule has 0 heterocycles. The van der Waals surface area contributed by atoms with Gasteiger partial charge in [-0.25, -0.2) is 4.31 Å². The second kappa shape index (κ2) is 12.0. The van der Waals surface area contributed by atoms with Crippen LogP contribution in [0, 0.1) is 13.8 Å². The first-order valence-corrected chi connectivity index (χ1v) is 12.8. The molecule has 2 rings (SSSR count). The molecule has 0 saturated heterocycles. The Balaban J connectivity index is 2.42. The predicted molar refractivity (Wildman–Crippen MR) is 136 cm³/mol. The second-order valence-electron chi connectivity index (χ2n) is 8.48. The number of carbonyl (C=O) groups excluding carboxylic acids is 2. The second-order valence-corrected chi connectivity index (χ2v) is 10.5. The molecule has 8 nitrogen and oxygen atoms in total. The van der Waals surface area contributed by atoms with Crippen molar-refractivity contribution in [2.45, 2.75) is 40.2 Å². The summed E-state index contributed by atoms with van der Waals surface area (Å²) in [5, 5.41) is 2.76. The minimum absolute atomic E-state index is 0.280. The molecule has 0 saturated carbocycles. The molecule has 0 bridgehead atoms. The molecule has 0 fully saturated rings. The molecular formula is C25H36N4O4S. The molecule has 2 aromatic rings. The van der Waals surface area contributed by atoms with Gasteiger partial charge in [-0.05, 0) is 56.9 Å². The van der Waals surface area contributed by atoms with Gasteiger partial charge in [-0.2, -0.15) is 12.7 Å². The van der Waals surface area contributed by atoms with E-state index in [1.165, 1.54) is 19.0 Å². The number of carbonyl (C=O) groups is 2. The number of likely N-dealkylation sites (N-methyl/N-ethyl adjacent to an activating group) is 1. The van der Waals surface area contributed by atoms with E-state index < -0.39 is 28.7 Å². The van der Waals surface area contributed by atoms with E-state index in [1.54, 1.807) is 13.0 Å². The smallest absolute Gasteiger partial charge is 0.304 e. The molecule has 0 unspecified atom stereocenters. The fourth-order valence-electron chi connectivity index (χ4n) is 3.58. The lowest BCUT2D eigenvalue weighted by Crippen LogP contribution is -2.53. The molecule has 0 aliphatic heterocycles. The van der Waals surface area contributed by atoms with Crippen LogP contribution in [0.3, 0.4) is 0 Å². The third-order valence-electron chi connectivity index (χ3n) is 5.65. The zero-order valence-corrected chi connectivity index (χ0v) is 21.7. The third-order valence-corrected chi connectivity index (χ3v) is 7.46. The SMILES string of the molecule is CCNC(=O)[C@H](C)N(CCc1ccccc1)C(=O)CN(c1cc(C)ccc1C)S(=O)(=O)N(C)C. The van der Waals surface area contributed by atoms with Gasteiger partial charge >= 0.3 is 10.2 Å². The number of aryl methyl sites for hydroxylation is 2. The molecule has 34 heavy (non-hydrogen) atoms. The van der Waals surface area contributed by atoms with Gasteiger partial charge in [-0.15, -0.1) is 0 Å². The quantitative estimate of drug-likeness (QED) is 0.526. The zero-order chi connectivity index (χ0) is 25.5. The van der Waals surface area contributed by atoms with Crippen LogP contribution in [0.1, 0.15) is 30.5 Å². The molecular weight excluding hydrogens is 452 g/mol. The Morgan fingerprint density at radius 2 is 1.68 bits per heavy atom. The summed E-state index contributed by atoms with van der Waals surface area (Å²) in [5.74, 6) is -0.723. The van der Waals surface area contributed by atoms with E-state index in [9.17, 15) is 18.0 Å². The molecule has 0 aliphatic rings. The highest BCUT2D eigenvalue weighted by atomic mass is 32.2. The number of rotatable bonds is 11. The van der Waals surface area contributed by atoms with E-state index in [4.69, 9.17) is 0 Å². The first-order valence-electron chi connectivity index (χ1n) is 11.4. The van der Waals surface area contributed by atoms with Crippen LogP contribution in [0.2, 0.25) is 0 Å². The van der Waals surface area contributed by atoms with E-state index in [1.807, 2.05) is 63.2 Å². The molecule has 2 amide bonds. The third kappa shape index (κ3) is 6.80. The van der Waals surface area contributed by atoms with Gasteiger partial charge in [0.15, 0.2) is 0 Å². The van der Waals surface area contributed by atoms with Crippen LogP contribution in [-0.2, 0) is 26.2 Å². The maximum absolute atomic E-state index is 13.6. The Hall–Kier alpha value is -2.91. The van der Waals surface area contributed by atoms with Gasteiger partial charge in [0.2, 0.25) is 11.8 Å². The number of hydrogen-bond acceptors (Lipinski definition) is 4. The van der Waals surface area contributed by atoms with Crippen molar-refractivity contribution < 1.29 is 18.0 Å². The fraction of sp³-hybridized carbons (Fsp3) is 0.440. The summed E-state index contributed by atoms with van der Waals surface area (Å²) >= 11 is 0. The Bertz CT molecular complexity index is 1090. The number of hydrogen-bond donors (Lipinski definition) is 1. The molecule has 0 radical (unpaired) electrons. The fourth-order valence-corrected chi connectivity index (χ4v) is 4.70. The molecule has 186 valence electrons. The topological polar surface area (TPSA) is 90.0 Å². The number of nitrogens with zero attached hydrogens (tertiary/aromatic N) is 3. The van der Waals surface area contributed by atoms with Crippen LogP contribution in [0.25, 0.3) is 0 Å². The molecule has 9 heteroatoms. The number of benzene rings is 2. The highest BCUT2D eigenvalue weighted by Crippen LogP contribution is 2.25. The van der Waals surface area contributed by atoms with E-state index in [2.05, 4.69) is 5.32 Å². The van der Waals surface area contributed by atoms with Crippen molar-refractivity contribution in [2.75, 3.05) is 38.0 Å². The molecule has 1 atom stereocenters. The highest BCUT2D eigenvalue weighted by molar-refractivity contribution is 7.90. The Morgan fingerprint density at radius 1 is 1.03 bits per heavy atom. The monoisotopic (exact) mass is 488 g/mol. The largest absolute Gasteiger partial charge is 0.355 e. The van der Waals surface area contributed by atoms with Crippen LogP contribution < -0.4 is 9.62 Å². The summed E-state index contributed by atoms with van der Waals surface area (Å²) in [4.78, 5) is 27.7. The lowest BCUT2D eigenvalue weighted by Gasteiger charge is -2.33.